The fourth-order valence-corrected chi connectivity index (χ4v) is 7.51. The molecule has 3 amide bonds. The van der Waals surface area contributed by atoms with Gasteiger partial charge in [0.25, 0.3) is 5.91 Å². The van der Waals surface area contributed by atoms with E-state index in [0.29, 0.717) is 40.9 Å². The standard InChI is InChI=1S/C57H69FN4O5/c1-4-5-6-7-8-9-10-11-12-13-14-15-16-17-18-19-20-21-28-33-51(65)59-39-40-60-52(66)43-50(64)42-49(63)38-41-62-55(44(2)3)54(57(67)61-48-31-26-23-27-32-48)53(45-29-24-22-25-30-45)56(62)46-34-36-47(58)37-35-46/h5-6,8-9,11-12,14-15,17-18,20-27,29-32,34-37,44,49,63H,4,7,10,13,16,19,28,33,38-43H2,1-3H3,(H,59,65)(H,60,66)(H,61,67)/b6-5-,9-8-,12-11-,15-14-,18-17-,21-20-/t49-/m1/s1. The fraction of sp³-hybridized carbons (Fsp3) is 0.333. The number of ketones is 1. The molecule has 0 aliphatic rings. The molecule has 1 atom stereocenters. The molecular weight excluding hydrogens is 840 g/mol. The Morgan fingerprint density at radius 2 is 1.18 bits per heavy atom. The highest BCUT2D eigenvalue weighted by Gasteiger charge is 2.31. The number of Topliss-reactive ketones (excluding diaryl/α,β-unsaturated/α-hetero) is 1. The van der Waals surface area contributed by atoms with Crippen LogP contribution in [0.3, 0.4) is 0 Å². The van der Waals surface area contributed by atoms with Crippen LogP contribution >= 0.6 is 0 Å². The summed E-state index contributed by atoms with van der Waals surface area (Å²) in [7, 11) is 0. The number of para-hydroxylation sites is 1. The van der Waals surface area contributed by atoms with E-state index in [0.717, 1.165) is 49.8 Å². The molecule has 0 spiro atoms. The van der Waals surface area contributed by atoms with Crippen LogP contribution in [0.15, 0.2) is 158 Å². The minimum Gasteiger partial charge on any atom is -0.393 e. The first-order valence-electron chi connectivity index (χ1n) is 23.7. The normalized spacial score (nSPS) is 12.4. The Balaban J connectivity index is 1.21. The molecule has 0 saturated carbocycles. The summed E-state index contributed by atoms with van der Waals surface area (Å²) in [6.07, 6.45) is 30.7. The molecule has 0 aliphatic carbocycles. The van der Waals surface area contributed by atoms with Crippen LogP contribution in [0.5, 0.6) is 0 Å². The molecule has 0 saturated heterocycles. The maximum atomic E-state index is 14.3. The average molecular weight is 909 g/mol. The first-order chi connectivity index (χ1) is 32.6. The highest BCUT2D eigenvalue weighted by Crippen LogP contribution is 2.42. The van der Waals surface area contributed by atoms with E-state index in [2.05, 4.69) is 83.6 Å². The number of hydrogen-bond donors (Lipinski definition) is 4. The van der Waals surface area contributed by atoms with E-state index in [-0.39, 0.29) is 50.2 Å². The molecule has 0 aliphatic heterocycles. The number of aliphatic hydroxyl groups excluding tert-OH is 1. The molecular formula is C57H69FN4O5. The number of anilines is 1. The van der Waals surface area contributed by atoms with Crippen LogP contribution in [-0.4, -0.2) is 52.4 Å². The summed E-state index contributed by atoms with van der Waals surface area (Å²) in [4.78, 5) is 52.2. The van der Waals surface area contributed by atoms with Crippen molar-refractivity contribution in [3.8, 4) is 22.4 Å². The summed E-state index contributed by atoms with van der Waals surface area (Å²) in [5.41, 5.74) is 4.66. The molecule has 10 heteroatoms. The SMILES string of the molecule is CC/C=C\C/C=C\C/C=C\C/C=C\C/C=C\C/C=C\CCC(=O)NCCNC(=O)CC(=O)C[C@H](O)CCn1c(-c2ccc(F)cc2)c(-c2ccccc2)c(C(=O)Nc2ccccc2)c1C(C)C. The van der Waals surface area contributed by atoms with Crippen LogP contribution in [-0.2, 0) is 20.9 Å². The van der Waals surface area contributed by atoms with Crippen molar-refractivity contribution in [3.05, 3.63) is 175 Å². The lowest BCUT2D eigenvalue weighted by molar-refractivity contribution is -0.129. The zero-order valence-electron chi connectivity index (χ0n) is 39.5. The van der Waals surface area contributed by atoms with Crippen LogP contribution in [0.2, 0.25) is 0 Å². The maximum Gasteiger partial charge on any atom is 0.258 e. The van der Waals surface area contributed by atoms with Crippen molar-refractivity contribution in [2.24, 2.45) is 0 Å². The van der Waals surface area contributed by atoms with Gasteiger partial charge in [0.1, 0.15) is 11.6 Å². The number of hydrogen-bond acceptors (Lipinski definition) is 5. The first kappa shape index (κ1) is 53.0. The fourth-order valence-electron chi connectivity index (χ4n) is 7.51. The van der Waals surface area contributed by atoms with Crippen LogP contribution in [0.25, 0.3) is 22.4 Å². The van der Waals surface area contributed by atoms with Crippen molar-refractivity contribution >= 4 is 29.2 Å². The lowest BCUT2D eigenvalue weighted by Crippen LogP contribution is -2.35. The smallest absolute Gasteiger partial charge is 0.258 e. The number of aliphatic hydroxyl groups is 1. The molecule has 9 nitrogen and oxygen atoms in total. The van der Waals surface area contributed by atoms with Gasteiger partial charge in [-0.2, -0.15) is 0 Å². The number of allylic oxidation sites excluding steroid dienone is 12. The largest absolute Gasteiger partial charge is 0.393 e. The Kier molecular flexibility index (Phi) is 24.1. The summed E-state index contributed by atoms with van der Waals surface area (Å²) in [6.45, 7) is 6.76. The van der Waals surface area contributed by atoms with Crippen molar-refractivity contribution in [2.45, 2.75) is 110 Å². The molecule has 1 aromatic heterocycles. The molecule has 4 rings (SSSR count). The van der Waals surface area contributed by atoms with E-state index in [1.807, 2.05) is 91.2 Å². The third kappa shape index (κ3) is 19.4. The van der Waals surface area contributed by atoms with Crippen molar-refractivity contribution in [2.75, 3.05) is 18.4 Å². The Bertz CT molecular complexity index is 2320. The number of halogens is 1. The molecule has 354 valence electrons. The minimum atomic E-state index is -1.08. The van der Waals surface area contributed by atoms with Gasteiger partial charge in [-0.15, -0.1) is 0 Å². The highest BCUT2D eigenvalue weighted by molar-refractivity contribution is 6.12. The highest BCUT2D eigenvalue weighted by atomic mass is 19.1. The van der Waals surface area contributed by atoms with Gasteiger partial charge in [-0.1, -0.05) is 142 Å². The molecule has 67 heavy (non-hydrogen) atoms. The molecule has 0 radical (unpaired) electrons. The molecule has 4 aromatic rings. The Labute approximate surface area is 397 Å². The topological polar surface area (TPSA) is 130 Å². The number of aromatic nitrogens is 1. The number of carbonyl (C=O) groups excluding carboxylic acids is 4. The van der Waals surface area contributed by atoms with Gasteiger partial charge < -0.3 is 25.6 Å². The maximum absolute atomic E-state index is 14.3. The van der Waals surface area contributed by atoms with Gasteiger partial charge in [0.15, 0.2) is 0 Å². The second kappa shape index (κ2) is 30.5. The van der Waals surface area contributed by atoms with Crippen molar-refractivity contribution in [1.82, 2.24) is 15.2 Å². The lowest BCUT2D eigenvalue weighted by atomic mass is 9.94. The predicted octanol–water partition coefficient (Wildman–Crippen LogP) is 12.1. The van der Waals surface area contributed by atoms with Gasteiger partial charge >= 0.3 is 0 Å². The number of nitrogens with zero attached hydrogens (tertiary/aromatic N) is 1. The number of benzene rings is 3. The monoisotopic (exact) mass is 909 g/mol. The molecule has 1 heterocycles. The second-order valence-corrected chi connectivity index (χ2v) is 16.5. The molecule has 0 bridgehead atoms. The number of carbonyl (C=O) groups is 4. The van der Waals surface area contributed by atoms with Crippen LogP contribution in [0.4, 0.5) is 10.1 Å². The average Bonchev–Trinajstić information content (AvgIpc) is 3.67. The van der Waals surface area contributed by atoms with E-state index < -0.39 is 30.0 Å². The van der Waals surface area contributed by atoms with Gasteiger partial charge in [0.05, 0.1) is 23.8 Å². The predicted molar refractivity (Wildman–Crippen MR) is 272 cm³/mol. The molecule has 0 fully saturated rings. The Hall–Kier alpha value is -6.65. The van der Waals surface area contributed by atoms with E-state index in [4.69, 9.17) is 0 Å². The van der Waals surface area contributed by atoms with Crippen molar-refractivity contribution in [3.63, 3.8) is 0 Å². The summed E-state index contributed by atoms with van der Waals surface area (Å²) in [6, 6.07) is 24.8. The first-order valence-corrected chi connectivity index (χ1v) is 23.7. The van der Waals surface area contributed by atoms with Crippen LogP contribution < -0.4 is 16.0 Å². The summed E-state index contributed by atoms with van der Waals surface area (Å²) >= 11 is 0. The van der Waals surface area contributed by atoms with E-state index in [1.165, 1.54) is 12.1 Å². The molecule has 3 aromatic carbocycles. The van der Waals surface area contributed by atoms with Gasteiger partial charge in [0, 0.05) is 49.4 Å². The van der Waals surface area contributed by atoms with E-state index >= 15 is 0 Å². The Morgan fingerprint density at radius 3 is 1.73 bits per heavy atom. The second-order valence-electron chi connectivity index (χ2n) is 16.5. The Morgan fingerprint density at radius 1 is 0.657 bits per heavy atom. The third-order valence-corrected chi connectivity index (χ3v) is 10.7. The zero-order valence-corrected chi connectivity index (χ0v) is 39.5. The number of amides is 3. The van der Waals surface area contributed by atoms with Crippen LogP contribution in [0, 0.1) is 5.82 Å². The summed E-state index contributed by atoms with van der Waals surface area (Å²) in [5.74, 6) is -1.89. The number of rotatable bonds is 29. The number of nitrogens with one attached hydrogen (secondary N) is 3. The van der Waals surface area contributed by atoms with Gasteiger partial charge in [0.2, 0.25) is 11.8 Å². The minimum absolute atomic E-state index is 0.126. The molecule has 4 N–H and O–H groups in total. The quantitative estimate of drug-likeness (QED) is 0.0245. The summed E-state index contributed by atoms with van der Waals surface area (Å²) < 4.78 is 16.3. The van der Waals surface area contributed by atoms with E-state index in [1.54, 1.807) is 12.1 Å². The van der Waals surface area contributed by atoms with Crippen molar-refractivity contribution < 1.29 is 28.7 Å². The zero-order chi connectivity index (χ0) is 48.1. The van der Waals surface area contributed by atoms with E-state index in [9.17, 15) is 28.7 Å². The van der Waals surface area contributed by atoms with Crippen molar-refractivity contribution in [1.29, 1.82) is 0 Å². The van der Waals surface area contributed by atoms with Gasteiger partial charge in [-0.25, -0.2) is 4.39 Å². The van der Waals surface area contributed by atoms with Crippen LogP contribution in [0.1, 0.15) is 113 Å². The molecule has 0 unspecified atom stereocenters. The lowest BCUT2D eigenvalue weighted by Gasteiger charge is -2.19. The van der Waals surface area contributed by atoms with Gasteiger partial charge in [-0.3, -0.25) is 19.2 Å². The third-order valence-electron chi connectivity index (χ3n) is 10.7. The summed E-state index contributed by atoms with van der Waals surface area (Å²) in [5, 5.41) is 19.7. The van der Waals surface area contributed by atoms with Gasteiger partial charge in [-0.05, 0) is 105 Å².